The number of hydrogen-bond acceptors (Lipinski definition) is 3. The van der Waals surface area contributed by atoms with Crippen LogP contribution in [0, 0.1) is 0 Å². The van der Waals surface area contributed by atoms with Crippen molar-refractivity contribution in [3.05, 3.63) is 51.4 Å². The van der Waals surface area contributed by atoms with E-state index < -0.39 is 0 Å². The van der Waals surface area contributed by atoms with Crippen LogP contribution in [-0.4, -0.2) is 19.6 Å². The monoisotopic (exact) mass is 413 g/mol. The summed E-state index contributed by atoms with van der Waals surface area (Å²) < 4.78 is 12.3. The van der Waals surface area contributed by atoms with Crippen molar-refractivity contribution in [2.45, 2.75) is 0 Å². The van der Waals surface area contributed by atoms with E-state index in [0.29, 0.717) is 11.5 Å². The normalized spacial score (nSPS) is 10.0. The van der Waals surface area contributed by atoms with Gasteiger partial charge < -0.3 is 14.8 Å². The summed E-state index contributed by atoms with van der Waals surface area (Å²) in [6.45, 7) is -0.0685. The Morgan fingerprint density at radius 2 is 1.86 bits per heavy atom. The molecule has 0 atom stereocenters. The van der Waals surface area contributed by atoms with Gasteiger partial charge in [-0.3, -0.25) is 4.79 Å². The molecule has 0 heterocycles. The largest absolute Gasteiger partial charge is 0.497 e. The second-order valence-corrected chi connectivity index (χ2v) is 5.91. The van der Waals surface area contributed by atoms with Crippen molar-refractivity contribution in [3.63, 3.8) is 0 Å². The highest BCUT2D eigenvalue weighted by Gasteiger charge is 2.07. The minimum absolute atomic E-state index is 0.0685. The van der Waals surface area contributed by atoms with E-state index in [0.717, 1.165) is 14.6 Å². The van der Waals surface area contributed by atoms with Crippen molar-refractivity contribution in [1.29, 1.82) is 0 Å². The van der Waals surface area contributed by atoms with Crippen LogP contribution < -0.4 is 14.8 Å². The molecule has 0 saturated carbocycles. The summed E-state index contributed by atoms with van der Waals surface area (Å²) in [7, 11) is 1.59. The van der Waals surface area contributed by atoms with E-state index in [4.69, 9.17) is 9.47 Å². The van der Waals surface area contributed by atoms with E-state index in [-0.39, 0.29) is 12.5 Å². The van der Waals surface area contributed by atoms with Crippen molar-refractivity contribution >= 4 is 43.5 Å². The number of halogens is 2. The highest BCUT2D eigenvalue weighted by Crippen LogP contribution is 2.29. The predicted octanol–water partition coefficient (Wildman–Crippen LogP) is 4.24. The Bertz CT molecular complexity index is 629. The maximum absolute atomic E-state index is 11.8. The first-order valence-electron chi connectivity index (χ1n) is 6.10. The standard InChI is InChI=1S/C15H13Br2NO3/c1-20-12-6-7-14(13(17)8-12)21-9-15(19)18-11-4-2-10(16)3-5-11/h2-8H,9H2,1H3,(H,18,19). The predicted molar refractivity (Wildman–Crippen MR) is 89.0 cm³/mol. The van der Waals surface area contributed by atoms with Gasteiger partial charge in [0.25, 0.3) is 5.91 Å². The summed E-state index contributed by atoms with van der Waals surface area (Å²) in [5.41, 5.74) is 0.723. The number of amides is 1. The van der Waals surface area contributed by atoms with E-state index in [2.05, 4.69) is 37.2 Å². The second kappa shape index (κ2) is 7.47. The lowest BCUT2D eigenvalue weighted by atomic mass is 10.3. The fourth-order valence-electron chi connectivity index (χ4n) is 1.60. The number of ether oxygens (including phenoxy) is 2. The molecule has 2 aromatic rings. The average molecular weight is 415 g/mol. The van der Waals surface area contributed by atoms with E-state index in [9.17, 15) is 4.79 Å². The van der Waals surface area contributed by atoms with Crippen molar-refractivity contribution in [2.75, 3.05) is 19.0 Å². The SMILES string of the molecule is COc1ccc(OCC(=O)Nc2ccc(Br)cc2)c(Br)c1. The molecule has 6 heteroatoms. The zero-order valence-corrected chi connectivity index (χ0v) is 14.4. The topological polar surface area (TPSA) is 47.6 Å². The molecule has 1 N–H and O–H groups in total. The third kappa shape index (κ3) is 4.75. The Labute approximate surface area is 139 Å². The minimum Gasteiger partial charge on any atom is -0.497 e. The fourth-order valence-corrected chi connectivity index (χ4v) is 2.34. The molecule has 0 spiro atoms. The van der Waals surface area contributed by atoms with Crippen LogP contribution in [0.25, 0.3) is 0 Å². The summed E-state index contributed by atoms with van der Waals surface area (Å²) in [4.78, 5) is 11.8. The van der Waals surface area contributed by atoms with Gasteiger partial charge >= 0.3 is 0 Å². The Kier molecular flexibility index (Phi) is 5.64. The molecule has 1 amide bonds. The van der Waals surface area contributed by atoms with Gasteiger partial charge in [-0.1, -0.05) is 15.9 Å². The first kappa shape index (κ1) is 15.9. The summed E-state index contributed by atoms with van der Waals surface area (Å²) >= 11 is 6.71. The number of carbonyl (C=O) groups excluding carboxylic acids is 1. The van der Waals surface area contributed by atoms with Crippen LogP contribution in [0.3, 0.4) is 0 Å². The van der Waals surface area contributed by atoms with Gasteiger partial charge in [-0.15, -0.1) is 0 Å². The van der Waals surface area contributed by atoms with E-state index in [1.807, 2.05) is 24.3 Å². The Balaban J connectivity index is 1.90. The third-order valence-electron chi connectivity index (χ3n) is 2.63. The van der Waals surface area contributed by atoms with Crippen LogP contribution in [0.4, 0.5) is 5.69 Å². The van der Waals surface area contributed by atoms with Gasteiger partial charge in [-0.25, -0.2) is 0 Å². The molecule has 0 aliphatic carbocycles. The molecule has 0 unspecified atom stereocenters. The second-order valence-electron chi connectivity index (χ2n) is 4.14. The number of carbonyl (C=O) groups is 1. The van der Waals surface area contributed by atoms with Crippen molar-refractivity contribution in [1.82, 2.24) is 0 Å². The molecule has 110 valence electrons. The zero-order valence-electron chi connectivity index (χ0n) is 11.2. The van der Waals surface area contributed by atoms with Crippen LogP contribution in [0.5, 0.6) is 11.5 Å². The molecule has 0 fully saturated rings. The molecule has 0 bridgehead atoms. The molecule has 0 aliphatic heterocycles. The van der Waals surface area contributed by atoms with Crippen molar-refractivity contribution in [2.24, 2.45) is 0 Å². The smallest absolute Gasteiger partial charge is 0.262 e. The van der Waals surface area contributed by atoms with Crippen molar-refractivity contribution in [3.8, 4) is 11.5 Å². The van der Waals surface area contributed by atoms with E-state index >= 15 is 0 Å². The van der Waals surface area contributed by atoms with Crippen molar-refractivity contribution < 1.29 is 14.3 Å². The summed E-state index contributed by atoms with van der Waals surface area (Å²) in [5.74, 6) is 1.08. The molecule has 21 heavy (non-hydrogen) atoms. The van der Waals surface area contributed by atoms with Gasteiger partial charge in [0.1, 0.15) is 11.5 Å². The van der Waals surface area contributed by atoms with Gasteiger partial charge in [-0.05, 0) is 58.4 Å². The molecule has 2 aromatic carbocycles. The molecule has 0 saturated heterocycles. The number of benzene rings is 2. The van der Waals surface area contributed by atoms with Gasteiger partial charge in [0.05, 0.1) is 11.6 Å². The van der Waals surface area contributed by atoms with E-state index in [1.54, 1.807) is 25.3 Å². The fraction of sp³-hybridized carbons (Fsp3) is 0.133. The van der Waals surface area contributed by atoms with Gasteiger partial charge in [-0.2, -0.15) is 0 Å². The van der Waals surface area contributed by atoms with Crippen LogP contribution in [0.15, 0.2) is 51.4 Å². The highest BCUT2D eigenvalue weighted by atomic mass is 79.9. The molecule has 0 radical (unpaired) electrons. The Morgan fingerprint density at radius 1 is 1.14 bits per heavy atom. The Morgan fingerprint density at radius 3 is 2.48 bits per heavy atom. The van der Waals surface area contributed by atoms with Crippen LogP contribution in [0.2, 0.25) is 0 Å². The molecular formula is C15H13Br2NO3. The van der Waals surface area contributed by atoms with Crippen LogP contribution in [0.1, 0.15) is 0 Å². The van der Waals surface area contributed by atoms with Gasteiger partial charge in [0.15, 0.2) is 6.61 Å². The molecule has 4 nitrogen and oxygen atoms in total. The third-order valence-corrected chi connectivity index (χ3v) is 3.77. The molecule has 2 rings (SSSR count). The van der Waals surface area contributed by atoms with Crippen LogP contribution >= 0.6 is 31.9 Å². The quantitative estimate of drug-likeness (QED) is 0.795. The number of rotatable bonds is 5. The molecule has 0 aromatic heterocycles. The van der Waals surface area contributed by atoms with Crippen LogP contribution in [-0.2, 0) is 4.79 Å². The summed E-state index contributed by atoms with van der Waals surface area (Å²) in [5, 5.41) is 2.76. The maximum atomic E-state index is 11.8. The Hall–Kier alpha value is -1.53. The van der Waals surface area contributed by atoms with Gasteiger partial charge in [0, 0.05) is 10.2 Å². The maximum Gasteiger partial charge on any atom is 0.262 e. The number of anilines is 1. The number of nitrogens with one attached hydrogen (secondary N) is 1. The highest BCUT2D eigenvalue weighted by molar-refractivity contribution is 9.10. The van der Waals surface area contributed by atoms with Gasteiger partial charge in [0.2, 0.25) is 0 Å². The number of methoxy groups -OCH3 is 1. The first-order valence-corrected chi connectivity index (χ1v) is 7.69. The average Bonchev–Trinajstić information content (AvgIpc) is 2.48. The zero-order chi connectivity index (χ0) is 15.2. The molecule has 0 aliphatic rings. The summed E-state index contributed by atoms with van der Waals surface area (Å²) in [6, 6.07) is 12.6. The van der Waals surface area contributed by atoms with E-state index in [1.165, 1.54) is 0 Å². The minimum atomic E-state index is -0.222. The lowest BCUT2D eigenvalue weighted by molar-refractivity contribution is -0.118. The molecular weight excluding hydrogens is 402 g/mol. The lowest BCUT2D eigenvalue weighted by Gasteiger charge is -2.10. The lowest BCUT2D eigenvalue weighted by Crippen LogP contribution is -2.20. The number of hydrogen-bond donors (Lipinski definition) is 1. The summed E-state index contributed by atoms with van der Waals surface area (Å²) in [6.07, 6.45) is 0. The first-order chi connectivity index (χ1) is 10.1.